The molecule has 2 heterocycles. The van der Waals surface area contributed by atoms with Crippen molar-refractivity contribution in [2.45, 2.75) is 25.9 Å². The van der Waals surface area contributed by atoms with Gasteiger partial charge < -0.3 is 19.1 Å². The second-order valence-corrected chi connectivity index (χ2v) is 9.86. The molecule has 1 spiro atoms. The van der Waals surface area contributed by atoms with E-state index in [-0.39, 0.29) is 18.0 Å². The second kappa shape index (κ2) is 9.61. The van der Waals surface area contributed by atoms with Crippen LogP contribution in [0.3, 0.4) is 0 Å². The van der Waals surface area contributed by atoms with Gasteiger partial charge in [0.1, 0.15) is 11.5 Å². The van der Waals surface area contributed by atoms with E-state index in [2.05, 4.69) is 32.2 Å². The number of halogens is 3. The summed E-state index contributed by atoms with van der Waals surface area (Å²) in [5, 5.41) is 0. The van der Waals surface area contributed by atoms with Crippen LogP contribution in [0.1, 0.15) is 29.3 Å². The summed E-state index contributed by atoms with van der Waals surface area (Å²) < 4.78 is 42.3. The van der Waals surface area contributed by atoms with Gasteiger partial charge in [-0.05, 0) is 64.9 Å². The molecule has 8 heteroatoms. The van der Waals surface area contributed by atoms with Crippen molar-refractivity contribution in [3.63, 3.8) is 0 Å². The minimum Gasteiger partial charge on any atom is -0.494 e. The monoisotopic (exact) mass is 557 g/mol. The molecular weight excluding hydrogens is 531 g/mol. The van der Waals surface area contributed by atoms with Gasteiger partial charge in [-0.25, -0.2) is 0 Å². The zero-order valence-corrected chi connectivity index (χ0v) is 20.1. The minimum atomic E-state index is -3.24. The number of hydrogen-bond donors (Lipinski definition) is 0. The summed E-state index contributed by atoms with van der Waals surface area (Å²) in [6, 6.07) is 11.6. The Balaban J connectivity index is 1.23. The number of nitrogens with zero attached hydrogens (tertiary/aromatic N) is 1. The Bertz CT molecular complexity index is 949. The molecule has 0 aromatic heterocycles. The number of ether oxygens (including phenoxy) is 3. The molecule has 0 atom stereocenters. The molecule has 0 radical (unpaired) electrons. The number of carbonyl (C=O) groups excluding carboxylic acids is 1. The summed E-state index contributed by atoms with van der Waals surface area (Å²) in [6.07, 6.45) is -2.10. The summed E-state index contributed by atoms with van der Waals surface area (Å²) in [6.45, 7) is 6.41. The summed E-state index contributed by atoms with van der Waals surface area (Å²) in [7, 11) is 0. The summed E-state index contributed by atoms with van der Waals surface area (Å²) in [5.41, 5.74) is 1.80. The molecule has 0 bridgehead atoms. The molecule has 2 aliphatic heterocycles. The molecule has 2 fully saturated rings. The van der Waals surface area contributed by atoms with Gasteiger partial charge in [-0.3, -0.25) is 4.79 Å². The SMILES string of the molecule is CC(F)(F)Oc1ccc(CC(=O)c2ccc(OCCCN3CC4(COC4)C3)cc2I)cc1. The molecule has 0 saturated carbocycles. The predicted molar refractivity (Wildman–Crippen MR) is 125 cm³/mol. The number of Topliss-reactive ketones (excluding diaryl/α,β-unsaturated/α-hetero) is 1. The average molecular weight is 557 g/mol. The Labute approximate surface area is 200 Å². The Kier molecular flexibility index (Phi) is 7.02. The highest BCUT2D eigenvalue weighted by Gasteiger charge is 2.48. The molecule has 0 N–H and O–H groups in total. The van der Waals surface area contributed by atoms with Gasteiger partial charge in [0.25, 0.3) is 0 Å². The second-order valence-electron chi connectivity index (χ2n) is 8.70. The van der Waals surface area contributed by atoms with E-state index < -0.39 is 6.11 Å². The molecule has 4 rings (SSSR count). The maximum Gasteiger partial charge on any atom is 0.394 e. The van der Waals surface area contributed by atoms with Crippen LogP contribution in [0.2, 0.25) is 0 Å². The van der Waals surface area contributed by atoms with Gasteiger partial charge in [0.05, 0.1) is 19.8 Å². The van der Waals surface area contributed by atoms with E-state index in [4.69, 9.17) is 9.47 Å². The van der Waals surface area contributed by atoms with Crippen molar-refractivity contribution in [3.8, 4) is 11.5 Å². The van der Waals surface area contributed by atoms with Gasteiger partial charge in [-0.15, -0.1) is 0 Å². The predicted octanol–water partition coefficient (Wildman–Crippen LogP) is 4.81. The van der Waals surface area contributed by atoms with E-state index in [1.54, 1.807) is 18.2 Å². The molecule has 32 heavy (non-hydrogen) atoms. The van der Waals surface area contributed by atoms with Crippen LogP contribution in [0, 0.1) is 8.99 Å². The van der Waals surface area contributed by atoms with Crippen molar-refractivity contribution in [1.29, 1.82) is 0 Å². The summed E-state index contributed by atoms with van der Waals surface area (Å²) in [5.74, 6) is 0.776. The zero-order valence-electron chi connectivity index (χ0n) is 17.9. The third-order valence-electron chi connectivity index (χ3n) is 5.65. The van der Waals surface area contributed by atoms with Crippen molar-refractivity contribution in [2.75, 3.05) is 39.5 Å². The first-order valence-corrected chi connectivity index (χ1v) is 11.7. The van der Waals surface area contributed by atoms with E-state index in [0.29, 0.717) is 24.5 Å². The molecule has 0 aliphatic carbocycles. The lowest BCUT2D eigenvalue weighted by molar-refractivity contribution is -0.189. The van der Waals surface area contributed by atoms with Crippen LogP contribution in [0.4, 0.5) is 8.78 Å². The third kappa shape index (κ3) is 5.96. The van der Waals surface area contributed by atoms with Crippen LogP contribution < -0.4 is 9.47 Å². The van der Waals surface area contributed by atoms with Gasteiger partial charge in [0, 0.05) is 47.5 Å². The van der Waals surface area contributed by atoms with Crippen LogP contribution in [0.5, 0.6) is 11.5 Å². The summed E-state index contributed by atoms with van der Waals surface area (Å²) >= 11 is 2.14. The van der Waals surface area contributed by atoms with E-state index in [1.807, 2.05) is 12.1 Å². The first-order chi connectivity index (χ1) is 15.2. The third-order valence-corrected chi connectivity index (χ3v) is 6.54. The maximum absolute atomic E-state index is 12.9. The first kappa shape index (κ1) is 23.4. The van der Waals surface area contributed by atoms with Crippen LogP contribution in [0.25, 0.3) is 0 Å². The largest absolute Gasteiger partial charge is 0.494 e. The fourth-order valence-corrected chi connectivity index (χ4v) is 4.87. The lowest BCUT2D eigenvalue weighted by atomic mass is 9.78. The number of likely N-dealkylation sites (tertiary alicyclic amines) is 1. The van der Waals surface area contributed by atoms with Crippen molar-refractivity contribution >= 4 is 28.4 Å². The number of hydrogen-bond acceptors (Lipinski definition) is 5. The van der Waals surface area contributed by atoms with Crippen LogP contribution in [0.15, 0.2) is 42.5 Å². The maximum atomic E-state index is 12.9. The average Bonchev–Trinajstić information content (AvgIpc) is 2.65. The molecule has 2 saturated heterocycles. The standard InChI is InChI=1S/C24H26F2INO4/c1-23(25,26)32-18-5-3-17(4-6-18)11-22(29)20-8-7-19(12-21(20)27)31-10-2-9-28-13-24(14-28)15-30-16-24/h3-8,12H,2,9-11,13-16H2,1H3. The van der Waals surface area contributed by atoms with Crippen molar-refractivity contribution in [3.05, 3.63) is 57.2 Å². The molecule has 5 nitrogen and oxygen atoms in total. The fraction of sp³-hybridized carbons (Fsp3) is 0.458. The lowest BCUT2D eigenvalue weighted by Gasteiger charge is -2.55. The Morgan fingerprint density at radius 2 is 1.84 bits per heavy atom. The van der Waals surface area contributed by atoms with Gasteiger partial charge in [0.15, 0.2) is 5.78 Å². The van der Waals surface area contributed by atoms with E-state index >= 15 is 0 Å². The molecule has 2 aromatic carbocycles. The lowest BCUT2D eigenvalue weighted by Crippen LogP contribution is -2.65. The highest BCUT2D eigenvalue weighted by atomic mass is 127. The Morgan fingerprint density at radius 3 is 2.44 bits per heavy atom. The molecule has 0 amide bonds. The molecular formula is C24H26F2INO4. The highest BCUT2D eigenvalue weighted by molar-refractivity contribution is 14.1. The zero-order chi connectivity index (χ0) is 22.8. The quantitative estimate of drug-likeness (QED) is 0.239. The number of alkyl halides is 2. The van der Waals surface area contributed by atoms with E-state index in [1.165, 1.54) is 12.1 Å². The van der Waals surface area contributed by atoms with Crippen LogP contribution in [-0.4, -0.2) is 56.2 Å². The number of benzene rings is 2. The smallest absolute Gasteiger partial charge is 0.394 e. The molecule has 172 valence electrons. The van der Waals surface area contributed by atoms with Crippen LogP contribution >= 0.6 is 22.6 Å². The summed E-state index contributed by atoms with van der Waals surface area (Å²) in [4.78, 5) is 15.1. The van der Waals surface area contributed by atoms with Gasteiger partial charge in [-0.1, -0.05) is 12.1 Å². The normalized spacial score (nSPS) is 17.5. The van der Waals surface area contributed by atoms with Crippen molar-refractivity contribution < 1.29 is 27.8 Å². The van der Waals surface area contributed by atoms with Crippen molar-refractivity contribution in [1.82, 2.24) is 4.90 Å². The van der Waals surface area contributed by atoms with Gasteiger partial charge >= 0.3 is 6.11 Å². The Morgan fingerprint density at radius 1 is 1.16 bits per heavy atom. The van der Waals surface area contributed by atoms with Gasteiger partial charge in [-0.2, -0.15) is 8.78 Å². The van der Waals surface area contributed by atoms with E-state index in [0.717, 1.165) is 54.2 Å². The minimum absolute atomic E-state index is 0.0397. The number of rotatable bonds is 10. The molecule has 0 unspecified atom stereocenters. The first-order valence-electron chi connectivity index (χ1n) is 10.6. The van der Waals surface area contributed by atoms with Crippen LogP contribution in [-0.2, 0) is 11.2 Å². The van der Waals surface area contributed by atoms with E-state index in [9.17, 15) is 13.6 Å². The number of ketones is 1. The van der Waals surface area contributed by atoms with Crippen molar-refractivity contribution in [2.24, 2.45) is 5.41 Å². The molecule has 2 aromatic rings. The fourth-order valence-electron chi connectivity index (χ4n) is 4.09. The Hall–Kier alpha value is -1.78. The van der Waals surface area contributed by atoms with Gasteiger partial charge in [0.2, 0.25) is 0 Å². The molecule has 2 aliphatic rings. The highest BCUT2D eigenvalue weighted by Crippen LogP contribution is 2.37. The topological polar surface area (TPSA) is 48.0 Å². The number of carbonyl (C=O) groups is 1.